The van der Waals surface area contributed by atoms with E-state index in [0.717, 1.165) is 0 Å². The molecule has 1 atom stereocenters. The molecular weight excluding hydrogens is 315 g/mol. The van der Waals surface area contributed by atoms with E-state index in [0.29, 0.717) is 17.3 Å². The van der Waals surface area contributed by atoms with Gasteiger partial charge in [-0.25, -0.2) is 14.4 Å². The molecule has 0 radical (unpaired) electrons. The number of nitrogens with two attached hydrogens (primary N) is 2. The van der Waals surface area contributed by atoms with Crippen molar-refractivity contribution in [3.63, 3.8) is 0 Å². The minimum absolute atomic E-state index is 0.0608. The highest BCUT2D eigenvalue weighted by Gasteiger charge is 2.33. The average Bonchev–Trinajstić information content (AvgIpc) is 3.05. The van der Waals surface area contributed by atoms with Crippen LogP contribution in [-0.2, 0) is 12.3 Å². The van der Waals surface area contributed by atoms with Gasteiger partial charge in [-0.05, 0) is 30.3 Å². The highest BCUT2D eigenvalue weighted by atomic mass is 19.1. The van der Waals surface area contributed by atoms with Crippen molar-refractivity contribution < 1.29 is 13.5 Å². The van der Waals surface area contributed by atoms with E-state index < -0.39 is 11.6 Å². The van der Waals surface area contributed by atoms with E-state index in [4.69, 9.17) is 20.6 Å². The van der Waals surface area contributed by atoms with Gasteiger partial charge in [-0.2, -0.15) is 0 Å². The molecule has 2 heterocycles. The maximum Gasteiger partial charge on any atom is 0.215 e. The van der Waals surface area contributed by atoms with E-state index >= 15 is 0 Å². The van der Waals surface area contributed by atoms with Gasteiger partial charge in [0, 0.05) is 5.56 Å². The van der Waals surface area contributed by atoms with Gasteiger partial charge in [0.2, 0.25) is 11.7 Å². The van der Waals surface area contributed by atoms with Crippen LogP contribution in [0.25, 0.3) is 0 Å². The van der Waals surface area contributed by atoms with Crippen LogP contribution in [0.4, 0.5) is 4.39 Å². The van der Waals surface area contributed by atoms with Gasteiger partial charge in [-0.3, -0.25) is 11.1 Å². The maximum atomic E-state index is 14.0. The molecule has 0 amide bonds. The molecule has 0 saturated carbocycles. The Morgan fingerprint density at radius 2 is 2.25 bits per heavy atom. The van der Waals surface area contributed by atoms with Gasteiger partial charge in [0.25, 0.3) is 0 Å². The van der Waals surface area contributed by atoms with Gasteiger partial charge >= 0.3 is 0 Å². The van der Waals surface area contributed by atoms with Crippen LogP contribution >= 0.6 is 0 Å². The zero-order valence-electron chi connectivity index (χ0n) is 12.9. The van der Waals surface area contributed by atoms with E-state index in [1.165, 1.54) is 19.2 Å². The Morgan fingerprint density at radius 3 is 2.92 bits per heavy atom. The fraction of sp³-hybridized carbons (Fsp3) is 0.200. The molecule has 8 nitrogen and oxygen atoms in total. The summed E-state index contributed by atoms with van der Waals surface area (Å²) in [6.45, 7) is 0.280. The van der Waals surface area contributed by atoms with Crippen LogP contribution in [0.15, 0.2) is 51.0 Å². The number of nitrogens with one attached hydrogen (secondary N) is 2. The number of hydrogen-bond acceptors (Lipinski definition) is 6. The first-order valence-electron chi connectivity index (χ1n) is 7.10. The maximum absolute atomic E-state index is 14.0. The molecule has 24 heavy (non-hydrogen) atoms. The molecule has 1 aromatic heterocycles. The van der Waals surface area contributed by atoms with Crippen molar-refractivity contribution in [3.05, 3.63) is 53.7 Å². The van der Waals surface area contributed by atoms with Gasteiger partial charge in [0.05, 0.1) is 13.4 Å². The molecule has 6 N–H and O–H groups in total. The molecule has 0 spiro atoms. The summed E-state index contributed by atoms with van der Waals surface area (Å²) in [5, 5.41) is 5.67. The van der Waals surface area contributed by atoms with Crippen molar-refractivity contribution in [3.8, 4) is 5.75 Å². The Morgan fingerprint density at radius 1 is 1.42 bits per heavy atom. The number of furan rings is 1. The summed E-state index contributed by atoms with van der Waals surface area (Å²) in [4.78, 5) is 8.41. The quantitative estimate of drug-likeness (QED) is 0.649. The predicted octanol–water partition coefficient (Wildman–Crippen LogP) is 0.560. The number of ether oxygens (including phenoxy) is 1. The van der Waals surface area contributed by atoms with Gasteiger partial charge < -0.3 is 20.2 Å². The minimum Gasteiger partial charge on any atom is -0.494 e. The van der Waals surface area contributed by atoms with E-state index in [1.807, 2.05) is 0 Å². The summed E-state index contributed by atoms with van der Waals surface area (Å²) in [7, 11) is 1.38. The molecule has 1 aliphatic rings. The smallest absolute Gasteiger partial charge is 0.215 e. The Bertz CT molecular complexity index is 789. The first-order chi connectivity index (χ1) is 11.5. The van der Waals surface area contributed by atoms with E-state index in [2.05, 4.69) is 20.6 Å². The first kappa shape index (κ1) is 15.8. The molecule has 0 aliphatic carbocycles. The second-order valence-electron chi connectivity index (χ2n) is 5.11. The van der Waals surface area contributed by atoms with Crippen LogP contribution < -0.4 is 26.8 Å². The van der Waals surface area contributed by atoms with Crippen molar-refractivity contribution >= 4 is 11.9 Å². The molecule has 2 aromatic rings. The number of nitrogens with zero attached hydrogens (tertiary/aromatic N) is 2. The van der Waals surface area contributed by atoms with Crippen molar-refractivity contribution in [2.45, 2.75) is 12.3 Å². The largest absolute Gasteiger partial charge is 0.494 e. The van der Waals surface area contributed by atoms with Crippen molar-refractivity contribution in [1.29, 1.82) is 0 Å². The van der Waals surface area contributed by atoms with Crippen LogP contribution in [0.2, 0.25) is 0 Å². The Kier molecular flexibility index (Phi) is 4.09. The van der Waals surface area contributed by atoms with Crippen molar-refractivity contribution in [1.82, 2.24) is 10.6 Å². The molecule has 0 fully saturated rings. The molecule has 0 saturated heterocycles. The monoisotopic (exact) mass is 332 g/mol. The zero-order valence-corrected chi connectivity index (χ0v) is 12.9. The topological polar surface area (TPSA) is 123 Å². The van der Waals surface area contributed by atoms with Gasteiger partial charge in [-0.1, -0.05) is 0 Å². The van der Waals surface area contributed by atoms with Crippen molar-refractivity contribution in [2.75, 3.05) is 7.11 Å². The van der Waals surface area contributed by atoms with Crippen LogP contribution in [-0.4, -0.2) is 19.0 Å². The second kappa shape index (κ2) is 6.20. The second-order valence-corrected chi connectivity index (χ2v) is 5.11. The molecule has 3 rings (SSSR count). The van der Waals surface area contributed by atoms with Gasteiger partial charge in [0.1, 0.15) is 12.3 Å². The number of benzene rings is 1. The third-order valence-electron chi connectivity index (χ3n) is 3.42. The lowest BCUT2D eigenvalue weighted by Gasteiger charge is -2.33. The SMILES string of the molecule is COc1ccc(C2(N)N=C(N)NC(=NCc3ccco3)N2)cc1F. The van der Waals surface area contributed by atoms with Crippen LogP contribution in [0.5, 0.6) is 5.75 Å². The van der Waals surface area contributed by atoms with Crippen molar-refractivity contribution in [2.24, 2.45) is 21.5 Å². The molecule has 1 unspecified atom stereocenters. The number of aliphatic imine (C=N–C) groups is 2. The average molecular weight is 332 g/mol. The third-order valence-corrected chi connectivity index (χ3v) is 3.42. The Balaban J connectivity index is 1.87. The Hall–Kier alpha value is -3.07. The molecule has 0 bridgehead atoms. The number of methoxy groups -OCH3 is 1. The fourth-order valence-electron chi connectivity index (χ4n) is 2.26. The summed E-state index contributed by atoms with van der Waals surface area (Å²) < 4.78 is 24.1. The number of rotatable bonds is 4. The van der Waals surface area contributed by atoms with E-state index in [-0.39, 0.29) is 18.3 Å². The highest BCUT2D eigenvalue weighted by molar-refractivity contribution is 6.00. The number of halogens is 1. The minimum atomic E-state index is -1.45. The fourth-order valence-corrected chi connectivity index (χ4v) is 2.26. The predicted molar refractivity (Wildman–Crippen MR) is 86.6 cm³/mol. The van der Waals surface area contributed by atoms with E-state index in [9.17, 15) is 4.39 Å². The summed E-state index contributed by atoms with van der Waals surface area (Å²) in [6, 6.07) is 7.85. The van der Waals surface area contributed by atoms with Crippen LogP contribution in [0, 0.1) is 5.82 Å². The lowest BCUT2D eigenvalue weighted by atomic mass is 10.1. The summed E-state index contributed by atoms with van der Waals surface area (Å²) in [5.41, 5.74) is 12.4. The van der Waals surface area contributed by atoms with E-state index in [1.54, 1.807) is 24.5 Å². The number of guanidine groups is 2. The van der Waals surface area contributed by atoms with Crippen LogP contribution in [0.3, 0.4) is 0 Å². The molecule has 1 aromatic carbocycles. The van der Waals surface area contributed by atoms with Crippen LogP contribution in [0.1, 0.15) is 11.3 Å². The first-order valence-corrected chi connectivity index (χ1v) is 7.10. The Labute approximate surface area is 137 Å². The standard InChI is InChI=1S/C15H17FN6O2/c1-23-12-5-4-9(7-11(12)16)15(18)21-13(17)20-14(22-15)19-8-10-3-2-6-24-10/h2-7H,8,18H2,1H3,(H4,17,19,20,21,22). The molecule has 1 aliphatic heterocycles. The summed E-state index contributed by atoms with van der Waals surface area (Å²) in [5.74, 6) is -0.860. The normalized spacial score (nSPS) is 21.8. The summed E-state index contributed by atoms with van der Waals surface area (Å²) >= 11 is 0. The summed E-state index contributed by atoms with van der Waals surface area (Å²) in [6.07, 6.45) is 1.56. The highest BCUT2D eigenvalue weighted by Crippen LogP contribution is 2.24. The van der Waals surface area contributed by atoms with Gasteiger partial charge in [0.15, 0.2) is 17.5 Å². The zero-order chi connectivity index (χ0) is 17.2. The third kappa shape index (κ3) is 3.15. The molecule has 126 valence electrons. The lowest BCUT2D eigenvalue weighted by molar-refractivity contribution is 0.379. The van der Waals surface area contributed by atoms with Gasteiger partial charge in [-0.15, -0.1) is 0 Å². The number of hydrogen-bond donors (Lipinski definition) is 4. The lowest BCUT2D eigenvalue weighted by Crippen LogP contribution is -2.62. The molecule has 9 heteroatoms. The molecular formula is C15H17FN6O2.